The van der Waals surface area contributed by atoms with Gasteiger partial charge in [-0.15, -0.1) is 0 Å². The van der Waals surface area contributed by atoms with Crippen molar-refractivity contribution in [3.05, 3.63) is 12.2 Å². The molecule has 0 heterocycles. The van der Waals surface area contributed by atoms with Crippen molar-refractivity contribution in [2.75, 3.05) is 20.5 Å². The number of fused-ring (bicyclic) bond motifs is 1. The fourth-order valence-electron chi connectivity index (χ4n) is 4.94. The number of ether oxygens (including phenoxy) is 2. The van der Waals surface area contributed by atoms with Gasteiger partial charge in [-0.05, 0) is 55.8 Å². The highest BCUT2D eigenvalue weighted by Crippen LogP contribution is 2.61. The lowest BCUT2D eigenvalue weighted by atomic mass is 9.46. The minimum absolute atomic E-state index is 0.0127. The van der Waals surface area contributed by atoms with Crippen LogP contribution in [0.2, 0.25) is 0 Å². The molecule has 2 N–H and O–H groups in total. The molecule has 0 unspecified atom stereocenters. The SMILES string of the molecule is C=C1CCC[C@H]2[C@](/C=N/N)(CCOCOC)[C@@H](C)CC[C@@]12C. The van der Waals surface area contributed by atoms with Crippen molar-refractivity contribution in [3.63, 3.8) is 0 Å². The van der Waals surface area contributed by atoms with Gasteiger partial charge >= 0.3 is 0 Å². The summed E-state index contributed by atoms with van der Waals surface area (Å²) in [5, 5.41) is 3.99. The molecule has 22 heavy (non-hydrogen) atoms. The first-order valence-corrected chi connectivity index (χ1v) is 8.50. The van der Waals surface area contributed by atoms with Gasteiger partial charge in [0.1, 0.15) is 6.79 Å². The predicted molar refractivity (Wildman–Crippen MR) is 90.5 cm³/mol. The standard InChI is InChI=1S/C18H32N2O2/c1-14-6-5-7-16-17(14,3)9-8-15(2)18(16,12-20-19)10-11-22-13-21-4/h12,15-16H,1,5-11,13,19H2,2-4H3/b20-12+/t15-,16+,17-,18-/m0/s1. The molecule has 0 spiro atoms. The topological polar surface area (TPSA) is 56.8 Å². The quantitative estimate of drug-likeness (QED) is 0.203. The number of allylic oxidation sites excluding steroid dienone is 1. The lowest BCUT2D eigenvalue weighted by molar-refractivity contribution is -0.0658. The summed E-state index contributed by atoms with van der Waals surface area (Å²) in [6.07, 6.45) is 9.03. The van der Waals surface area contributed by atoms with E-state index in [0.717, 1.165) is 12.8 Å². The minimum Gasteiger partial charge on any atom is -0.359 e. The Labute approximate surface area is 135 Å². The maximum absolute atomic E-state index is 5.62. The molecule has 4 nitrogen and oxygen atoms in total. The van der Waals surface area contributed by atoms with Gasteiger partial charge in [-0.2, -0.15) is 5.10 Å². The minimum atomic E-state index is 0.0127. The number of rotatable bonds is 6. The van der Waals surface area contributed by atoms with Gasteiger partial charge in [0.2, 0.25) is 0 Å². The molecular weight excluding hydrogens is 276 g/mol. The van der Waals surface area contributed by atoms with Crippen LogP contribution in [0.25, 0.3) is 0 Å². The summed E-state index contributed by atoms with van der Waals surface area (Å²) < 4.78 is 10.6. The third-order valence-electron chi connectivity index (χ3n) is 6.41. The maximum atomic E-state index is 5.62. The van der Waals surface area contributed by atoms with Gasteiger partial charge < -0.3 is 15.3 Å². The Bertz CT molecular complexity index is 423. The third kappa shape index (κ3) is 2.95. The van der Waals surface area contributed by atoms with Crippen LogP contribution in [-0.2, 0) is 9.47 Å². The molecule has 0 aliphatic heterocycles. The number of hydrogen-bond donors (Lipinski definition) is 1. The first kappa shape index (κ1) is 17.5. The Balaban J connectivity index is 2.28. The van der Waals surface area contributed by atoms with E-state index in [4.69, 9.17) is 15.3 Å². The zero-order chi connectivity index (χ0) is 16.2. The molecule has 2 fully saturated rings. The van der Waals surface area contributed by atoms with Gasteiger partial charge in [0, 0.05) is 18.7 Å². The second kappa shape index (κ2) is 7.14. The molecule has 0 aromatic carbocycles. The van der Waals surface area contributed by atoms with Crippen LogP contribution in [0.3, 0.4) is 0 Å². The van der Waals surface area contributed by atoms with Gasteiger partial charge in [0.25, 0.3) is 0 Å². The van der Waals surface area contributed by atoms with Crippen LogP contribution in [-0.4, -0.2) is 26.7 Å². The van der Waals surface area contributed by atoms with Crippen molar-refractivity contribution >= 4 is 6.21 Å². The van der Waals surface area contributed by atoms with Crippen molar-refractivity contribution in [2.24, 2.45) is 33.6 Å². The molecule has 2 saturated carbocycles. The molecule has 0 saturated heterocycles. The van der Waals surface area contributed by atoms with E-state index in [1.165, 1.54) is 31.3 Å². The van der Waals surface area contributed by atoms with Crippen LogP contribution in [0.15, 0.2) is 17.3 Å². The van der Waals surface area contributed by atoms with Gasteiger partial charge in [0.05, 0.1) is 6.61 Å². The summed E-state index contributed by atoms with van der Waals surface area (Å²) in [4.78, 5) is 0. The number of nitrogens with two attached hydrogens (primary N) is 1. The molecule has 126 valence electrons. The fraction of sp³-hybridized carbons (Fsp3) is 0.833. The molecular formula is C18H32N2O2. The molecule has 0 aromatic heterocycles. The summed E-state index contributed by atoms with van der Waals surface area (Å²) in [6.45, 7) is 10.2. The Hall–Kier alpha value is -0.870. The molecule has 2 aliphatic carbocycles. The van der Waals surface area contributed by atoms with Gasteiger partial charge in [-0.3, -0.25) is 0 Å². The van der Waals surface area contributed by atoms with E-state index in [1.807, 2.05) is 6.21 Å². The van der Waals surface area contributed by atoms with E-state index in [1.54, 1.807) is 7.11 Å². The first-order chi connectivity index (χ1) is 10.5. The van der Waals surface area contributed by atoms with E-state index in [9.17, 15) is 0 Å². The van der Waals surface area contributed by atoms with E-state index in [0.29, 0.717) is 25.2 Å². The summed E-state index contributed by atoms with van der Waals surface area (Å²) in [6, 6.07) is 0. The first-order valence-electron chi connectivity index (χ1n) is 8.50. The zero-order valence-corrected chi connectivity index (χ0v) is 14.4. The fourth-order valence-corrected chi connectivity index (χ4v) is 4.94. The van der Waals surface area contributed by atoms with Crippen LogP contribution in [0, 0.1) is 22.7 Å². The molecule has 2 rings (SSSR count). The smallest absolute Gasteiger partial charge is 0.146 e. The second-order valence-electron chi connectivity index (χ2n) is 7.36. The number of nitrogens with zero attached hydrogens (tertiary/aromatic N) is 1. The van der Waals surface area contributed by atoms with E-state index >= 15 is 0 Å². The largest absolute Gasteiger partial charge is 0.359 e. The highest BCUT2D eigenvalue weighted by molar-refractivity contribution is 5.67. The third-order valence-corrected chi connectivity index (χ3v) is 6.41. The number of methoxy groups -OCH3 is 1. The highest BCUT2D eigenvalue weighted by Gasteiger charge is 2.55. The van der Waals surface area contributed by atoms with Crippen molar-refractivity contribution < 1.29 is 9.47 Å². The molecule has 4 atom stereocenters. The summed E-state index contributed by atoms with van der Waals surface area (Å²) in [7, 11) is 1.66. The molecule has 0 bridgehead atoms. The summed E-state index contributed by atoms with van der Waals surface area (Å²) >= 11 is 0. The Kier molecular flexibility index (Phi) is 5.67. The van der Waals surface area contributed by atoms with Crippen molar-refractivity contribution in [2.45, 2.75) is 52.4 Å². The maximum Gasteiger partial charge on any atom is 0.146 e. The van der Waals surface area contributed by atoms with Gasteiger partial charge in [-0.1, -0.05) is 26.0 Å². The van der Waals surface area contributed by atoms with Crippen molar-refractivity contribution in [1.82, 2.24) is 0 Å². The second-order valence-corrected chi connectivity index (χ2v) is 7.36. The Morgan fingerprint density at radius 3 is 2.91 bits per heavy atom. The van der Waals surface area contributed by atoms with Crippen LogP contribution in [0.4, 0.5) is 0 Å². The van der Waals surface area contributed by atoms with Crippen LogP contribution in [0.1, 0.15) is 52.4 Å². The monoisotopic (exact) mass is 308 g/mol. The van der Waals surface area contributed by atoms with Crippen molar-refractivity contribution in [1.29, 1.82) is 0 Å². The van der Waals surface area contributed by atoms with Gasteiger partial charge in [-0.25, -0.2) is 0 Å². The predicted octanol–water partition coefficient (Wildman–Crippen LogP) is 3.72. The number of hydrazone groups is 1. The van der Waals surface area contributed by atoms with Crippen LogP contribution < -0.4 is 5.84 Å². The molecule has 0 aromatic rings. The average molecular weight is 308 g/mol. The average Bonchev–Trinajstić information content (AvgIpc) is 2.50. The molecule has 0 amide bonds. The normalized spacial score (nSPS) is 39.1. The number of hydrogen-bond acceptors (Lipinski definition) is 4. The van der Waals surface area contributed by atoms with Gasteiger partial charge in [0.15, 0.2) is 0 Å². The highest BCUT2D eigenvalue weighted by atomic mass is 16.7. The molecule has 0 radical (unpaired) electrons. The van der Waals surface area contributed by atoms with E-state index < -0.39 is 0 Å². The van der Waals surface area contributed by atoms with Crippen LogP contribution in [0.5, 0.6) is 0 Å². The van der Waals surface area contributed by atoms with E-state index in [-0.39, 0.29) is 10.8 Å². The van der Waals surface area contributed by atoms with Crippen LogP contribution >= 0.6 is 0 Å². The molecule has 4 heteroatoms. The summed E-state index contributed by atoms with van der Waals surface area (Å²) in [5.74, 6) is 6.74. The van der Waals surface area contributed by atoms with Crippen molar-refractivity contribution in [3.8, 4) is 0 Å². The Morgan fingerprint density at radius 1 is 1.45 bits per heavy atom. The lowest BCUT2D eigenvalue weighted by Gasteiger charge is -2.58. The summed E-state index contributed by atoms with van der Waals surface area (Å²) in [5.41, 5.74) is 1.65. The molecule has 2 aliphatic rings. The van der Waals surface area contributed by atoms with E-state index in [2.05, 4.69) is 25.5 Å². The Morgan fingerprint density at radius 2 is 2.23 bits per heavy atom. The lowest BCUT2D eigenvalue weighted by Crippen LogP contribution is -2.53. The zero-order valence-electron chi connectivity index (χ0n) is 14.4.